The molecule has 0 saturated carbocycles. The third-order valence-electron chi connectivity index (χ3n) is 3.42. The van der Waals surface area contributed by atoms with Gasteiger partial charge in [-0.1, -0.05) is 29.3 Å². The Morgan fingerprint density at radius 2 is 2.05 bits per heavy atom. The number of nitrogens with zero attached hydrogens (tertiary/aromatic N) is 1. The molecule has 1 heterocycles. The molecule has 4 nitrogen and oxygen atoms in total. The van der Waals surface area contributed by atoms with E-state index in [0.717, 1.165) is 5.56 Å². The number of nitrogens with one attached hydrogen (secondary N) is 1. The molecule has 1 aromatic carbocycles. The summed E-state index contributed by atoms with van der Waals surface area (Å²) in [5, 5.41) is 4.32. The molecule has 1 aliphatic heterocycles. The van der Waals surface area contributed by atoms with Gasteiger partial charge in [0.05, 0.1) is 12.7 Å². The van der Waals surface area contributed by atoms with Gasteiger partial charge in [0.1, 0.15) is 6.04 Å². The monoisotopic (exact) mass is 352 g/mol. The van der Waals surface area contributed by atoms with Gasteiger partial charge in [-0.15, -0.1) is 12.4 Å². The number of benzene rings is 1. The Labute approximate surface area is 141 Å². The maximum atomic E-state index is 12.4. The predicted octanol–water partition coefficient (Wildman–Crippen LogP) is 2.75. The van der Waals surface area contributed by atoms with E-state index < -0.39 is 0 Å². The third kappa shape index (κ3) is 4.47. The summed E-state index contributed by atoms with van der Waals surface area (Å²) in [5.74, 6) is -0.0202. The molecule has 1 aromatic rings. The van der Waals surface area contributed by atoms with Gasteiger partial charge >= 0.3 is 0 Å². The summed E-state index contributed by atoms with van der Waals surface area (Å²) in [6.45, 7) is 3.58. The van der Waals surface area contributed by atoms with Crippen LogP contribution in [-0.4, -0.2) is 43.2 Å². The van der Waals surface area contributed by atoms with E-state index in [-0.39, 0.29) is 30.5 Å². The molecule has 2 atom stereocenters. The lowest BCUT2D eigenvalue weighted by atomic mass is 10.1. The maximum Gasteiger partial charge on any atom is 0.242 e. The van der Waals surface area contributed by atoms with Crippen molar-refractivity contribution < 1.29 is 9.53 Å². The average Bonchev–Trinajstić information content (AvgIpc) is 2.42. The van der Waals surface area contributed by atoms with Crippen LogP contribution in [-0.2, 0) is 16.1 Å². The summed E-state index contributed by atoms with van der Waals surface area (Å²) in [7, 11) is 1.74. The van der Waals surface area contributed by atoms with Crippen LogP contribution in [0, 0.1) is 0 Å². The van der Waals surface area contributed by atoms with Crippen LogP contribution >= 0.6 is 35.6 Å². The Morgan fingerprint density at radius 3 is 2.62 bits per heavy atom. The van der Waals surface area contributed by atoms with Gasteiger partial charge in [0, 0.05) is 35.7 Å². The second-order valence-electron chi connectivity index (χ2n) is 4.90. The summed E-state index contributed by atoms with van der Waals surface area (Å²) in [6.07, 6.45) is -0.139. The topological polar surface area (TPSA) is 41.6 Å². The standard InChI is InChI=1S/C14H18Cl2N2O2.ClH/c1-9-13(17-6-7-20-9)14(19)18(2)8-10-11(15)4-3-5-12(10)16;/h3-5,9,13,17H,6-8H2,1-2H3;1H/t9-,13+;/m1./s1. The van der Waals surface area contributed by atoms with Crippen molar-refractivity contribution in [2.45, 2.75) is 25.6 Å². The van der Waals surface area contributed by atoms with Crippen LogP contribution in [0.1, 0.15) is 12.5 Å². The van der Waals surface area contributed by atoms with Gasteiger partial charge in [-0.05, 0) is 19.1 Å². The van der Waals surface area contributed by atoms with Gasteiger partial charge in [-0.2, -0.15) is 0 Å². The molecular weight excluding hydrogens is 335 g/mol. The van der Waals surface area contributed by atoms with E-state index in [4.69, 9.17) is 27.9 Å². The second kappa shape index (κ2) is 8.20. The summed E-state index contributed by atoms with van der Waals surface area (Å²) >= 11 is 12.3. The summed E-state index contributed by atoms with van der Waals surface area (Å²) in [5.41, 5.74) is 0.760. The first kappa shape index (κ1) is 18.5. The van der Waals surface area contributed by atoms with Gasteiger partial charge < -0.3 is 15.0 Å². The highest BCUT2D eigenvalue weighted by Crippen LogP contribution is 2.25. The third-order valence-corrected chi connectivity index (χ3v) is 4.12. The van der Waals surface area contributed by atoms with E-state index in [1.165, 1.54) is 0 Å². The van der Waals surface area contributed by atoms with Gasteiger partial charge in [0.15, 0.2) is 0 Å². The minimum Gasteiger partial charge on any atom is -0.375 e. The van der Waals surface area contributed by atoms with Crippen molar-refractivity contribution in [3.8, 4) is 0 Å². The second-order valence-corrected chi connectivity index (χ2v) is 5.72. The molecule has 7 heteroatoms. The highest BCUT2D eigenvalue weighted by molar-refractivity contribution is 6.36. The highest BCUT2D eigenvalue weighted by atomic mass is 35.5. The van der Waals surface area contributed by atoms with E-state index in [9.17, 15) is 4.79 Å². The Morgan fingerprint density at radius 1 is 1.43 bits per heavy atom. The molecule has 1 fully saturated rings. The maximum absolute atomic E-state index is 12.4. The number of hydrogen-bond acceptors (Lipinski definition) is 3. The van der Waals surface area contributed by atoms with Crippen LogP contribution in [0.15, 0.2) is 18.2 Å². The molecule has 2 rings (SSSR count). The number of morpholine rings is 1. The fourth-order valence-electron chi connectivity index (χ4n) is 2.25. The van der Waals surface area contributed by atoms with Crippen LogP contribution in [0.25, 0.3) is 0 Å². The quantitative estimate of drug-likeness (QED) is 0.908. The van der Waals surface area contributed by atoms with Crippen LogP contribution < -0.4 is 5.32 Å². The summed E-state index contributed by atoms with van der Waals surface area (Å²) < 4.78 is 5.50. The zero-order valence-electron chi connectivity index (χ0n) is 11.9. The lowest BCUT2D eigenvalue weighted by Gasteiger charge is -2.32. The Balaban J connectivity index is 0.00000220. The highest BCUT2D eigenvalue weighted by Gasteiger charge is 2.30. The van der Waals surface area contributed by atoms with Crippen molar-refractivity contribution in [1.29, 1.82) is 0 Å². The van der Waals surface area contributed by atoms with Crippen molar-refractivity contribution in [2.24, 2.45) is 0 Å². The zero-order chi connectivity index (χ0) is 14.7. The molecule has 118 valence electrons. The molecule has 21 heavy (non-hydrogen) atoms. The zero-order valence-corrected chi connectivity index (χ0v) is 14.3. The molecule has 1 amide bonds. The minimum atomic E-state index is -0.324. The molecule has 1 N–H and O–H groups in total. The van der Waals surface area contributed by atoms with Crippen molar-refractivity contribution in [3.05, 3.63) is 33.8 Å². The van der Waals surface area contributed by atoms with Crippen molar-refractivity contribution >= 4 is 41.5 Å². The number of rotatable bonds is 3. The summed E-state index contributed by atoms with van der Waals surface area (Å²) in [6, 6.07) is 5.00. The molecule has 0 aromatic heterocycles. The smallest absolute Gasteiger partial charge is 0.242 e. The lowest BCUT2D eigenvalue weighted by molar-refractivity contribution is -0.138. The number of carbonyl (C=O) groups excluding carboxylic acids is 1. The molecule has 0 bridgehead atoms. The van der Waals surface area contributed by atoms with Gasteiger partial charge in [0.2, 0.25) is 5.91 Å². The van der Waals surface area contributed by atoms with Crippen LogP contribution in [0.2, 0.25) is 10.0 Å². The van der Waals surface area contributed by atoms with Crippen molar-refractivity contribution in [1.82, 2.24) is 10.2 Å². The lowest BCUT2D eigenvalue weighted by Crippen LogP contribution is -2.55. The minimum absolute atomic E-state index is 0. The van der Waals surface area contributed by atoms with Crippen LogP contribution in [0.5, 0.6) is 0 Å². The number of hydrogen-bond donors (Lipinski definition) is 1. The molecule has 0 unspecified atom stereocenters. The first-order chi connectivity index (χ1) is 9.50. The molecule has 0 radical (unpaired) electrons. The van der Waals surface area contributed by atoms with Crippen molar-refractivity contribution in [3.63, 3.8) is 0 Å². The van der Waals surface area contributed by atoms with Gasteiger partial charge in [-0.3, -0.25) is 4.79 Å². The number of ether oxygens (including phenoxy) is 1. The largest absolute Gasteiger partial charge is 0.375 e. The Hall–Kier alpha value is -0.520. The molecular formula is C14H19Cl3N2O2. The van der Waals surface area contributed by atoms with Crippen LogP contribution in [0.3, 0.4) is 0 Å². The molecule has 0 aliphatic carbocycles. The van der Waals surface area contributed by atoms with Gasteiger partial charge in [-0.25, -0.2) is 0 Å². The SMILES string of the molecule is C[C@H]1OCCN[C@@H]1C(=O)N(C)Cc1c(Cl)cccc1Cl.Cl. The number of carbonyl (C=O) groups is 1. The van der Waals surface area contributed by atoms with Crippen molar-refractivity contribution in [2.75, 3.05) is 20.2 Å². The first-order valence-corrected chi connectivity index (χ1v) is 7.29. The van der Waals surface area contributed by atoms with E-state index >= 15 is 0 Å². The predicted molar refractivity (Wildman–Crippen MR) is 87.4 cm³/mol. The van der Waals surface area contributed by atoms with E-state index in [0.29, 0.717) is 29.7 Å². The average molecular weight is 354 g/mol. The number of amides is 1. The first-order valence-electron chi connectivity index (χ1n) is 6.53. The number of halogens is 3. The van der Waals surface area contributed by atoms with E-state index in [1.807, 2.05) is 6.92 Å². The van der Waals surface area contributed by atoms with E-state index in [2.05, 4.69) is 5.32 Å². The van der Waals surface area contributed by atoms with Crippen LogP contribution in [0.4, 0.5) is 0 Å². The fraction of sp³-hybridized carbons (Fsp3) is 0.500. The molecule has 1 aliphatic rings. The summed E-state index contributed by atoms with van der Waals surface area (Å²) in [4.78, 5) is 14.1. The normalized spacial score (nSPS) is 21.5. The molecule has 0 spiro atoms. The fourth-order valence-corrected chi connectivity index (χ4v) is 2.76. The Kier molecular flexibility index (Phi) is 7.24. The van der Waals surface area contributed by atoms with E-state index in [1.54, 1.807) is 30.1 Å². The number of likely N-dealkylation sites (N-methyl/N-ethyl adjacent to an activating group) is 1. The van der Waals surface area contributed by atoms with Gasteiger partial charge in [0.25, 0.3) is 0 Å². The molecule has 1 saturated heterocycles. The Bertz CT molecular complexity index is 479.